The summed E-state index contributed by atoms with van der Waals surface area (Å²) in [7, 11) is 0. The fraction of sp³-hybridized carbons (Fsp3) is 0. The highest BCUT2D eigenvalue weighted by Crippen LogP contribution is 2.15. The van der Waals surface area contributed by atoms with Crippen LogP contribution in [0, 0.1) is 0 Å². The third-order valence-corrected chi connectivity index (χ3v) is 4.14. The molecule has 138 valence electrons. The molecule has 0 saturated heterocycles. The lowest BCUT2D eigenvalue weighted by molar-refractivity contribution is 0.102. The first-order chi connectivity index (χ1) is 13.6. The Bertz CT molecular complexity index is 1010. The van der Waals surface area contributed by atoms with Gasteiger partial charge in [0.2, 0.25) is 0 Å². The van der Waals surface area contributed by atoms with E-state index in [1.165, 1.54) is 6.08 Å². The van der Waals surface area contributed by atoms with Gasteiger partial charge < -0.3 is 5.32 Å². The van der Waals surface area contributed by atoms with Gasteiger partial charge in [-0.3, -0.25) is 14.6 Å². The third kappa shape index (κ3) is 5.50. The molecule has 0 bridgehead atoms. The van der Waals surface area contributed by atoms with Crippen molar-refractivity contribution < 1.29 is 9.59 Å². The number of rotatable bonds is 6. The largest absolute Gasteiger partial charge is 0.322 e. The van der Waals surface area contributed by atoms with Crippen LogP contribution in [0.1, 0.15) is 26.3 Å². The number of pyridine rings is 1. The van der Waals surface area contributed by atoms with E-state index in [4.69, 9.17) is 11.6 Å². The SMILES string of the molecule is O=C(/C=C/C=C/c1ccncc1)c1ccc(C(=O)Nc2ccc(Cl)cc2)cc1. The fourth-order valence-corrected chi connectivity index (χ4v) is 2.53. The van der Waals surface area contributed by atoms with Crippen LogP contribution < -0.4 is 5.32 Å². The van der Waals surface area contributed by atoms with E-state index in [0.717, 1.165) is 5.56 Å². The number of nitrogens with one attached hydrogen (secondary N) is 1. The van der Waals surface area contributed by atoms with Crippen LogP contribution in [-0.4, -0.2) is 16.7 Å². The Kier molecular flexibility index (Phi) is 6.50. The fourth-order valence-electron chi connectivity index (χ4n) is 2.40. The summed E-state index contributed by atoms with van der Waals surface area (Å²) in [5.41, 5.74) is 2.63. The van der Waals surface area contributed by atoms with E-state index in [1.54, 1.807) is 73.1 Å². The number of allylic oxidation sites excluding steroid dienone is 3. The number of carbonyl (C=O) groups excluding carboxylic acids is 2. The molecule has 1 N–H and O–H groups in total. The van der Waals surface area contributed by atoms with Crippen LogP contribution >= 0.6 is 11.6 Å². The molecule has 28 heavy (non-hydrogen) atoms. The normalized spacial score (nSPS) is 11.0. The zero-order chi connectivity index (χ0) is 19.8. The monoisotopic (exact) mass is 388 g/mol. The van der Waals surface area contributed by atoms with Crippen LogP contribution in [0.15, 0.2) is 91.3 Å². The van der Waals surface area contributed by atoms with Gasteiger partial charge in [0.1, 0.15) is 0 Å². The van der Waals surface area contributed by atoms with Gasteiger partial charge in [0, 0.05) is 34.2 Å². The van der Waals surface area contributed by atoms with Gasteiger partial charge in [-0.15, -0.1) is 0 Å². The molecule has 2 aromatic carbocycles. The van der Waals surface area contributed by atoms with E-state index >= 15 is 0 Å². The molecule has 0 unspecified atom stereocenters. The molecule has 0 aliphatic carbocycles. The van der Waals surface area contributed by atoms with Crippen molar-refractivity contribution in [3.05, 3.63) is 113 Å². The summed E-state index contributed by atoms with van der Waals surface area (Å²) in [4.78, 5) is 28.4. The number of benzene rings is 2. The second-order valence-electron chi connectivity index (χ2n) is 5.90. The predicted molar refractivity (Wildman–Crippen MR) is 113 cm³/mol. The highest BCUT2D eigenvalue weighted by molar-refractivity contribution is 6.30. The molecule has 0 spiro atoms. The molecule has 0 aliphatic rings. The molecular formula is C23H17ClN2O2. The van der Waals surface area contributed by atoms with Gasteiger partial charge in [-0.1, -0.05) is 42.0 Å². The molecule has 0 atom stereocenters. The quantitative estimate of drug-likeness (QED) is 0.347. The summed E-state index contributed by atoms with van der Waals surface area (Å²) in [6.07, 6.45) is 10.3. The molecule has 1 heterocycles. The van der Waals surface area contributed by atoms with Gasteiger partial charge in [-0.2, -0.15) is 0 Å². The first-order valence-corrected chi connectivity index (χ1v) is 8.96. The van der Waals surface area contributed by atoms with Crippen LogP contribution in [-0.2, 0) is 0 Å². The Morgan fingerprint density at radius 2 is 1.46 bits per heavy atom. The lowest BCUT2D eigenvalue weighted by atomic mass is 10.1. The Morgan fingerprint density at radius 3 is 2.14 bits per heavy atom. The van der Waals surface area contributed by atoms with E-state index in [9.17, 15) is 9.59 Å². The van der Waals surface area contributed by atoms with Crippen molar-refractivity contribution in [2.24, 2.45) is 0 Å². The van der Waals surface area contributed by atoms with Crippen molar-refractivity contribution in [1.29, 1.82) is 0 Å². The zero-order valence-corrected chi connectivity index (χ0v) is 15.6. The molecule has 5 heteroatoms. The van der Waals surface area contributed by atoms with E-state index in [-0.39, 0.29) is 11.7 Å². The van der Waals surface area contributed by atoms with Crippen molar-refractivity contribution in [3.8, 4) is 0 Å². The summed E-state index contributed by atoms with van der Waals surface area (Å²) < 4.78 is 0. The number of nitrogens with zero attached hydrogens (tertiary/aromatic N) is 1. The van der Waals surface area contributed by atoms with Crippen LogP contribution in [0.3, 0.4) is 0 Å². The average Bonchev–Trinajstić information content (AvgIpc) is 2.73. The number of carbonyl (C=O) groups is 2. The second kappa shape index (κ2) is 9.44. The van der Waals surface area contributed by atoms with Gasteiger partial charge in [-0.05, 0) is 60.2 Å². The first kappa shape index (κ1) is 19.3. The summed E-state index contributed by atoms with van der Waals surface area (Å²) in [5, 5.41) is 3.38. The summed E-state index contributed by atoms with van der Waals surface area (Å²) in [6, 6.07) is 17.1. The Labute approximate surface area is 168 Å². The highest BCUT2D eigenvalue weighted by atomic mass is 35.5. The summed E-state index contributed by atoms with van der Waals surface area (Å²) in [6.45, 7) is 0. The zero-order valence-electron chi connectivity index (χ0n) is 14.9. The highest BCUT2D eigenvalue weighted by Gasteiger charge is 2.08. The average molecular weight is 389 g/mol. The maximum absolute atomic E-state index is 12.3. The molecule has 0 aliphatic heterocycles. The third-order valence-electron chi connectivity index (χ3n) is 3.89. The second-order valence-corrected chi connectivity index (χ2v) is 6.34. The van der Waals surface area contributed by atoms with E-state index in [1.807, 2.05) is 18.2 Å². The molecule has 3 aromatic rings. The van der Waals surface area contributed by atoms with Crippen LogP contribution in [0.25, 0.3) is 6.08 Å². The molecular weight excluding hydrogens is 372 g/mol. The van der Waals surface area contributed by atoms with E-state index in [2.05, 4.69) is 10.3 Å². The lowest BCUT2D eigenvalue weighted by Gasteiger charge is -2.05. The number of halogens is 1. The molecule has 1 amide bonds. The van der Waals surface area contributed by atoms with Crippen LogP contribution in [0.5, 0.6) is 0 Å². The van der Waals surface area contributed by atoms with Crippen molar-refractivity contribution in [2.45, 2.75) is 0 Å². The van der Waals surface area contributed by atoms with Gasteiger partial charge in [0.05, 0.1) is 0 Å². The number of aromatic nitrogens is 1. The summed E-state index contributed by atoms with van der Waals surface area (Å²) in [5.74, 6) is -0.388. The Balaban J connectivity index is 1.59. The molecule has 0 radical (unpaired) electrons. The number of ketones is 1. The maximum Gasteiger partial charge on any atom is 0.255 e. The molecule has 0 fully saturated rings. The van der Waals surface area contributed by atoms with Crippen LogP contribution in [0.2, 0.25) is 5.02 Å². The molecule has 3 rings (SSSR count). The van der Waals surface area contributed by atoms with Crippen molar-refractivity contribution in [2.75, 3.05) is 5.32 Å². The van der Waals surface area contributed by atoms with Gasteiger partial charge >= 0.3 is 0 Å². The first-order valence-electron chi connectivity index (χ1n) is 8.58. The van der Waals surface area contributed by atoms with Gasteiger partial charge in [0.25, 0.3) is 5.91 Å². The lowest BCUT2D eigenvalue weighted by Crippen LogP contribution is -2.11. The van der Waals surface area contributed by atoms with Gasteiger partial charge in [0.15, 0.2) is 5.78 Å². The molecule has 4 nitrogen and oxygen atoms in total. The topological polar surface area (TPSA) is 59.1 Å². The van der Waals surface area contributed by atoms with Crippen molar-refractivity contribution in [1.82, 2.24) is 4.98 Å². The van der Waals surface area contributed by atoms with Crippen molar-refractivity contribution >= 4 is 35.1 Å². The van der Waals surface area contributed by atoms with Gasteiger partial charge in [-0.25, -0.2) is 0 Å². The predicted octanol–water partition coefficient (Wildman–Crippen LogP) is 5.44. The minimum absolute atomic E-state index is 0.135. The summed E-state index contributed by atoms with van der Waals surface area (Å²) >= 11 is 5.83. The van der Waals surface area contributed by atoms with Crippen molar-refractivity contribution in [3.63, 3.8) is 0 Å². The molecule has 0 saturated carbocycles. The number of amides is 1. The minimum Gasteiger partial charge on any atom is -0.322 e. The maximum atomic E-state index is 12.3. The minimum atomic E-state index is -0.253. The molecule has 1 aromatic heterocycles. The van der Waals surface area contributed by atoms with E-state index in [0.29, 0.717) is 21.8 Å². The van der Waals surface area contributed by atoms with Crippen LogP contribution in [0.4, 0.5) is 5.69 Å². The number of hydrogen-bond acceptors (Lipinski definition) is 3. The Hall–Kier alpha value is -3.50. The number of hydrogen-bond donors (Lipinski definition) is 1. The Morgan fingerprint density at radius 1 is 0.821 bits per heavy atom. The van der Waals surface area contributed by atoms with E-state index < -0.39 is 0 Å². The standard InChI is InChI=1S/C23H17ClN2O2/c24-20-9-11-21(12-10-20)26-23(28)19-7-5-18(6-8-19)22(27)4-2-1-3-17-13-15-25-16-14-17/h1-16H,(H,26,28)/b3-1+,4-2+. The number of anilines is 1. The smallest absolute Gasteiger partial charge is 0.255 e.